The summed E-state index contributed by atoms with van der Waals surface area (Å²) in [7, 11) is 0. The Kier molecular flexibility index (Phi) is 6.90. The second-order valence-electron chi connectivity index (χ2n) is 5.79. The Morgan fingerprint density at radius 1 is 1.15 bits per heavy atom. The van der Waals surface area contributed by atoms with Gasteiger partial charge in [0.05, 0.1) is 12.5 Å². The van der Waals surface area contributed by atoms with Crippen molar-refractivity contribution in [1.29, 1.82) is 0 Å². The summed E-state index contributed by atoms with van der Waals surface area (Å²) in [6.07, 6.45) is -1.35. The Balaban J connectivity index is 2.06. The van der Waals surface area contributed by atoms with Gasteiger partial charge in [0.2, 0.25) is 5.78 Å². The first kappa shape index (κ1) is 20.4. The number of ketones is 1. The van der Waals surface area contributed by atoms with Gasteiger partial charge in [-0.25, -0.2) is 9.18 Å². The molecule has 0 saturated heterocycles. The molecular formula is C19H18ClFN2O4. The van der Waals surface area contributed by atoms with E-state index in [1.807, 2.05) is 0 Å². The van der Waals surface area contributed by atoms with Crippen LogP contribution in [-0.2, 0) is 9.53 Å². The van der Waals surface area contributed by atoms with Crippen LogP contribution in [0.2, 0.25) is 5.02 Å². The number of ether oxygens (including phenoxy) is 1. The van der Waals surface area contributed by atoms with Crippen molar-refractivity contribution in [1.82, 2.24) is 5.32 Å². The highest BCUT2D eigenvalue weighted by Gasteiger charge is 2.24. The van der Waals surface area contributed by atoms with Crippen LogP contribution in [0.15, 0.2) is 48.5 Å². The van der Waals surface area contributed by atoms with E-state index in [1.165, 1.54) is 19.1 Å². The van der Waals surface area contributed by atoms with Gasteiger partial charge in [-0.3, -0.25) is 9.59 Å². The van der Waals surface area contributed by atoms with E-state index in [2.05, 4.69) is 5.32 Å². The molecule has 0 spiro atoms. The Labute approximate surface area is 160 Å². The van der Waals surface area contributed by atoms with Crippen LogP contribution >= 0.6 is 11.6 Å². The summed E-state index contributed by atoms with van der Waals surface area (Å²) in [5.74, 6) is -1.67. The summed E-state index contributed by atoms with van der Waals surface area (Å²) in [5.41, 5.74) is 5.87. The Hall–Kier alpha value is -2.93. The monoisotopic (exact) mass is 392 g/mol. The molecule has 0 unspecified atom stereocenters. The Morgan fingerprint density at radius 3 is 2.37 bits per heavy atom. The summed E-state index contributed by atoms with van der Waals surface area (Å²) in [5, 5.41) is 2.78. The molecule has 2 amide bonds. The lowest BCUT2D eigenvalue weighted by molar-refractivity contribution is -0.146. The third-order valence-corrected chi connectivity index (χ3v) is 4.12. The highest BCUT2D eigenvalue weighted by atomic mass is 35.5. The molecule has 0 aromatic heterocycles. The molecule has 0 saturated carbocycles. The molecule has 2 aromatic rings. The third kappa shape index (κ3) is 5.79. The minimum Gasteiger partial charge on any atom is -0.454 e. The van der Waals surface area contributed by atoms with Crippen molar-refractivity contribution >= 4 is 29.4 Å². The third-order valence-electron chi connectivity index (χ3n) is 3.77. The van der Waals surface area contributed by atoms with Gasteiger partial charge in [-0.2, -0.15) is 0 Å². The van der Waals surface area contributed by atoms with Gasteiger partial charge in [-0.1, -0.05) is 29.8 Å². The van der Waals surface area contributed by atoms with Gasteiger partial charge in [0.1, 0.15) is 5.82 Å². The number of urea groups is 1. The van der Waals surface area contributed by atoms with E-state index < -0.39 is 35.7 Å². The summed E-state index contributed by atoms with van der Waals surface area (Å²) >= 11 is 6.11. The first-order valence-corrected chi connectivity index (χ1v) is 8.45. The first-order chi connectivity index (χ1) is 12.8. The predicted octanol–water partition coefficient (Wildman–Crippen LogP) is 3.39. The van der Waals surface area contributed by atoms with Gasteiger partial charge in [0.15, 0.2) is 6.10 Å². The lowest BCUT2D eigenvalue weighted by Gasteiger charge is -2.20. The molecule has 27 heavy (non-hydrogen) atoms. The van der Waals surface area contributed by atoms with Crippen LogP contribution in [0.5, 0.6) is 0 Å². The number of rotatable bonds is 7. The summed E-state index contributed by atoms with van der Waals surface area (Å²) < 4.78 is 18.1. The maximum atomic E-state index is 13.0. The Morgan fingerprint density at radius 2 is 1.78 bits per heavy atom. The number of carbonyl (C=O) groups is 3. The summed E-state index contributed by atoms with van der Waals surface area (Å²) in [6, 6.07) is 9.92. The molecule has 0 heterocycles. The van der Waals surface area contributed by atoms with Crippen molar-refractivity contribution in [3.63, 3.8) is 0 Å². The lowest BCUT2D eigenvalue weighted by atomic mass is 10.0. The minimum absolute atomic E-state index is 0.217. The van der Waals surface area contributed by atoms with E-state index in [-0.39, 0.29) is 12.0 Å². The van der Waals surface area contributed by atoms with Gasteiger partial charge in [0, 0.05) is 10.6 Å². The fourth-order valence-corrected chi connectivity index (χ4v) is 2.75. The smallest absolute Gasteiger partial charge is 0.312 e. The molecule has 8 heteroatoms. The number of esters is 1. The van der Waals surface area contributed by atoms with E-state index >= 15 is 0 Å². The van der Waals surface area contributed by atoms with Crippen molar-refractivity contribution in [2.45, 2.75) is 25.5 Å². The van der Waals surface area contributed by atoms with Crippen LogP contribution in [0.25, 0.3) is 0 Å². The fourth-order valence-electron chi connectivity index (χ4n) is 2.48. The second kappa shape index (κ2) is 9.14. The standard InChI is InChI=1S/C19H18ClFN2O4/c1-11(18(25)12-6-8-13(21)9-7-12)27-17(24)10-16(23-19(22)26)14-4-2-3-5-15(14)20/h2-9,11,16H,10H2,1H3,(H3,22,23,26)/t11-,16+/m1/s1. The SMILES string of the molecule is C[C@@H](OC(=O)C[C@H](NC(N)=O)c1ccccc1Cl)C(=O)c1ccc(F)cc1. The molecular weight excluding hydrogens is 375 g/mol. The zero-order valence-electron chi connectivity index (χ0n) is 14.4. The van der Waals surface area contributed by atoms with Crippen LogP contribution in [0.3, 0.4) is 0 Å². The number of benzene rings is 2. The van der Waals surface area contributed by atoms with Crippen molar-refractivity contribution in [3.05, 3.63) is 70.5 Å². The van der Waals surface area contributed by atoms with E-state index in [9.17, 15) is 18.8 Å². The van der Waals surface area contributed by atoms with E-state index in [0.29, 0.717) is 10.6 Å². The largest absolute Gasteiger partial charge is 0.454 e. The quantitative estimate of drug-likeness (QED) is 0.557. The fraction of sp³-hybridized carbons (Fsp3) is 0.211. The average molecular weight is 393 g/mol. The normalized spacial score (nSPS) is 12.7. The molecule has 2 atom stereocenters. The topological polar surface area (TPSA) is 98.5 Å². The predicted molar refractivity (Wildman–Crippen MR) is 97.8 cm³/mol. The summed E-state index contributed by atoms with van der Waals surface area (Å²) in [4.78, 5) is 35.8. The molecule has 0 radical (unpaired) electrons. The molecule has 0 aliphatic heterocycles. The lowest BCUT2D eigenvalue weighted by Crippen LogP contribution is -2.35. The molecule has 0 fully saturated rings. The van der Waals surface area contributed by atoms with Crippen LogP contribution in [0.4, 0.5) is 9.18 Å². The maximum absolute atomic E-state index is 13.0. The average Bonchev–Trinajstić information content (AvgIpc) is 2.61. The van der Waals surface area contributed by atoms with Crippen LogP contribution in [0, 0.1) is 5.82 Å². The zero-order valence-corrected chi connectivity index (χ0v) is 15.2. The number of nitrogens with one attached hydrogen (secondary N) is 1. The van der Waals surface area contributed by atoms with Crippen molar-refractivity contribution in [3.8, 4) is 0 Å². The van der Waals surface area contributed by atoms with Gasteiger partial charge >= 0.3 is 12.0 Å². The molecule has 0 aliphatic carbocycles. The van der Waals surface area contributed by atoms with E-state index in [4.69, 9.17) is 22.1 Å². The number of halogens is 2. The van der Waals surface area contributed by atoms with Gasteiger partial charge in [0.25, 0.3) is 0 Å². The number of amides is 2. The molecule has 0 bridgehead atoms. The van der Waals surface area contributed by atoms with Crippen LogP contribution in [0.1, 0.15) is 35.3 Å². The molecule has 2 aromatic carbocycles. The van der Waals surface area contributed by atoms with Gasteiger partial charge < -0.3 is 15.8 Å². The molecule has 0 aliphatic rings. The highest BCUT2D eigenvalue weighted by Crippen LogP contribution is 2.25. The van der Waals surface area contributed by atoms with E-state index in [0.717, 1.165) is 12.1 Å². The van der Waals surface area contributed by atoms with Gasteiger partial charge in [-0.15, -0.1) is 0 Å². The minimum atomic E-state index is -1.08. The molecule has 3 N–H and O–H groups in total. The molecule has 2 rings (SSSR count). The number of primary amides is 1. The van der Waals surface area contributed by atoms with Crippen LogP contribution in [-0.4, -0.2) is 23.9 Å². The maximum Gasteiger partial charge on any atom is 0.312 e. The summed E-state index contributed by atoms with van der Waals surface area (Å²) in [6.45, 7) is 1.41. The zero-order chi connectivity index (χ0) is 20.0. The van der Waals surface area contributed by atoms with Crippen molar-refractivity contribution in [2.75, 3.05) is 0 Å². The number of nitrogens with two attached hydrogens (primary N) is 1. The van der Waals surface area contributed by atoms with Crippen LogP contribution < -0.4 is 11.1 Å². The van der Waals surface area contributed by atoms with Gasteiger partial charge in [-0.05, 0) is 42.8 Å². The highest BCUT2D eigenvalue weighted by molar-refractivity contribution is 6.31. The number of carbonyl (C=O) groups excluding carboxylic acids is 3. The number of hydrogen-bond acceptors (Lipinski definition) is 4. The number of hydrogen-bond donors (Lipinski definition) is 2. The van der Waals surface area contributed by atoms with Crippen molar-refractivity contribution < 1.29 is 23.5 Å². The first-order valence-electron chi connectivity index (χ1n) is 8.07. The second-order valence-corrected chi connectivity index (χ2v) is 6.20. The Bertz CT molecular complexity index is 842. The van der Waals surface area contributed by atoms with Crippen molar-refractivity contribution in [2.24, 2.45) is 5.73 Å². The van der Waals surface area contributed by atoms with E-state index in [1.54, 1.807) is 24.3 Å². The number of Topliss-reactive ketones (excluding diaryl/α,β-unsaturated/α-hetero) is 1. The molecule has 142 valence electrons. The molecule has 6 nitrogen and oxygen atoms in total.